The number of rotatable bonds is 6. The van der Waals surface area contributed by atoms with E-state index in [1.165, 1.54) is 0 Å². The highest BCUT2D eigenvalue weighted by Gasteiger charge is 2.08. The third-order valence-corrected chi connectivity index (χ3v) is 3.99. The highest BCUT2D eigenvalue weighted by atomic mass is 35.5. The molecule has 4 nitrogen and oxygen atoms in total. The highest BCUT2D eigenvalue weighted by molar-refractivity contribution is 6.30. The maximum Gasteiger partial charge on any atom is 0.224 e. The quantitative estimate of drug-likeness (QED) is 0.662. The van der Waals surface area contributed by atoms with Crippen LogP contribution < -0.4 is 10.1 Å². The summed E-state index contributed by atoms with van der Waals surface area (Å²) in [5, 5.41) is 3.54. The molecule has 0 unspecified atom stereocenters. The molecule has 3 rings (SSSR count). The normalized spacial score (nSPS) is 10.5. The molecule has 1 amide bonds. The maximum absolute atomic E-state index is 12.1. The molecule has 0 radical (unpaired) electrons. The molecule has 5 heteroatoms. The van der Waals surface area contributed by atoms with E-state index in [2.05, 4.69) is 5.32 Å². The Labute approximate surface area is 151 Å². The van der Waals surface area contributed by atoms with Gasteiger partial charge in [0.15, 0.2) is 0 Å². The van der Waals surface area contributed by atoms with Gasteiger partial charge in [-0.15, -0.1) is 0 Å². The molecule has 1 aromatic heterocycles. The summed E-state index contributed by atoms with van der Waals surface area (Å²) < 4.78 is 10.9. The van der Waals surface area contributed by atoms with Crippen molar-refractivity contribution < 1.29 is 13.9 Å². The molecule has 0 bridgehead atoms. The van der Waals surface area contributed by atoms with Crippen molar-refractivity contribution in [1.82, 2.24) is 0 Å². The summed E-state index contributed by atoms with van der Waals surface area (Å²) in [6.45, 7) is 0. The van der Waals surface area contributed by atoms with Gasteiger partial charge in [0, 0.05) is 35.2 Å². The summed E-state index contributed by atoms with van der Waals surface area (Å²) >= 11 is 5.89. The van der Waals surface area contributed by atoms with Crippen LogP contribution in [0.4, 0.5) is 5.69 Å². The number of halogens is 1. The Morgan fingerprint density at radius 2 is 1.92 bits per heavy atom. The van der Waals surface area contributed by atoms with Crippen LogP contribution in [-0.2, 0) is 11.2 Å². The molecule has 3 aromatic rings. The van der Waals surface area contributed by atoms with Crippen molar-refractivity contribution >= 4 is 23.2 Å². The second kappa shape index (κ2) is 7.90. The Morgan fingerprint density at radius 3 is 2.68 bits per heavy atom. The number of benzene rings is 2. The molecule has 2 aromatic carbocycles. The summed E-state index contributed by atoms with van der Waals surface area (Å²) in [6.07, 6.45) is 0.869. The zero-order valence-corrected chi connectivity index (χ0v) is 14.5. The van der Waals surface area contributed by atoms with E-state index in [1.807, 2.05) is 54.6 Å². The van der Waals surface area contributed by atoms with Crippen LogP contribution in [0.15, 0.2) is 65.1 Å². The van der Waals surface area contributed by atoms with Gasteiger partial charge in [-0.1, -0.05) is 17.7 Å². The van der Waals surface area contributed by atoms with Crippen LogP contribution in [0.25, 0.3) is 11.3 Å². The predicted molar refractivity (Wildman–Crippen MR) is 99.1 cm³/mol. The van der Waals surface area contributed by atoms with Gasteiger partial charge in [-0.05, 0) is 48.5 Å². The number of amides is 1. The number of hydrogen-bond donors (Lipinski definition) is 1. The average Bonchev–Trinajstić information content (AvgIpc) is 3.10. The van der Waals surface area contributed by atoms with Crippen LogP contribution in [0.5, 0.6) is 5.75 Å². The molecule has 0 spiro atoms. The Morgan fingerprint density at radius 1 is 1.12 bits per heavy atom. The molecule has 0 atom stereocenters. The van der Waals surface area contributed by atoms with Gasteiger partial charge in [0.2, 0.25) is 5.91 Å². The Bertz CT molecular complexity index is 855. The maximum atomic E-state index is 12.1. The number of aryl methyl sites for hydroxylation is 1. The summed E-state index contributed by atoms with van der Waals surface area (Å²) in [7, 11) is 1.59. The molecule has 128 valence electrons. The number of anilines is 1. The molecule has 0 aliphatic heterocycles. The first kappa shape index (κ1) is 17.1. The second-order valence-electron chi connectivity index (χ2n) is 5.55. The van der Waals surface area contributed by atoms with E-state index in [9.17, 15) is 4.79 Å². The van der Waals surface area contributed by atoms with E-state index in [1.54, 1.807) is 13.2 Å². The smallest absolute Gasteiger partial charge is 0.224 e. The number of carbonyl (C=O) groups excluding carboxylic acids is 1. The second-order valence-corrected chi connectivity index (χ2v) is 5.99. The van der Waals surface area contributed by atoms with Gasteiger partial charge in [0.25, 0.3) is 0 Å². The number of carbonyl (C=O) groups is 1. The first-order chi connectivity index (χ1) is 12.1. The fourth-order valence-electron chi connectivity index (χ4n) is 2.44. The number of ether oxygens (including phenoxy) is 1. The molecular formula is C20H18ClNO3. The third kappa shape index (κ3) is 4.64. The van der Waals surface area contributed by atoms with Gasteiger partial charge >= 0.3 is 0 Å². The summed E-state index contributed by atoms with van der Waals surface area (Å²) in [6, 6.07) is 18.5. The molecule has 1 heterocycles. The Kier molecular flexibility index (Phi) is 5.41. The fraction of sp³-hybridized carbons (Fsp3) is 0.150. The molecule has 0 aliphatic carbocycles. The van der Waals surface area contributed by atoms with E-state index in [0.29, 0.717) is 29.3 Å². The summed E-state index contributed by atoms with van der Waals surface area (Å²) in [5.41, 5.74) is 1.67. The van der Waals surface area contributed by atoms with Gasteiger partial charge in [0.05, 0.1) is 7.11 Å². The van der Waals surface area contributed by atoms with Gasteiger partial charge in [0.1, 0.15) is 17.3 Å². The molecule has 0 saturated carbocycles. The highest BCUT2D eigenvalue weighted by Crippen LogP contribution is 2.24. The summed E-state index contributed by atoms with van der Waals surface area (Å²) in [5.74, 6) is 2.17. The van der Waals surface area contributed by atoms with Gasteiger partial charge in [-0.2, -0.15) is 0 Å². The number of methoxy groups -OCH3 is 1. The van der Waals surface area contributed by atoms with Crippen LogP contribution in [0.1, 0.15) is 12.2 Å². The minimum Gasteiger partial charge on any atom is -0.497 e. The van der Waals surface area contributed by atoms with E-state index >= 15 is 0 Å². The molecule has 25 heavy (non-hydrogen) atoms. The first-order valence-corrected chi connectivity index (χ1v) is 8.30. The molecule has 0 aliphatic rings. The van der Waals surface area contributed by atoms with Gasteiger partial charge in [-0.25, -0.2) is 0 Å². The molecular weight excluding hydrogens is 338 g/mol. The lowest BCUT2D eigenvalue weighted by molar-refractivity contribution is -0.116. The lowest BCUT2D eigenvalue weighted by Crippen LogP contribution is -2.12. The van der Waals surface area contributed by atoms with Crippen molar-refractivity contribution in [1.29, 1.82) is 0 Å². The minimum absolute atomic E-state index is 0.0716. The lowest BCUT2D eigenvalue weighted by Gasteiger charge is -2.06. The number of hydrogen-bond acceptors (Lipinski definition) is 3. The first-order valence-electron chi connectivity index (χ1n) is 7.92. The Hall–Kier alpha value is -2.72. The average molecular weight is 356 g/mol. The monoisotopic (exact) mass is 355 g/mol. The van der Waals surface area contributed by atoms with E-state index in [4.69, 9.17) is 20.8 Å². The lowest BCUT2D eigenvalue weighted by atomic mass is 10.2. The number of nitrogens with one attached hydrogen (secondary N) is 1. The largest absolute Gasteiger partial charge is 0.497 e. The predicted octanol–water partition coefficient (Wildman–Crippen LogP) is 5.18. The fourth-order valence-corrected chi connectivity index (χ4v) is 2.57. The van der Waals surface area contributed by atoms with Gasteiger partial charge in [-0.3, -0.25) is 4.79 Å². The van der Waals surface area contributed by atoms with Crippen LogP contribution in [-0.4, -0.2) is 13.0 Å². The third-order valence-electron chi connectivity index (χ3n) is 3.74. The van der Waals surface area contributed by atoms with Crippen LogP contribution in [0, 0.1) is 0 Å². The standard InChI is InChI=1S/C20H18ClNO3/c1-24-18-4-2-3-16(13-18)22-20(23)12-10-17-9-11-19(25-17)14-5-7-15(21)8-6-14/h2-9,11,13H,10,12H2,1H3,(H,22,23). The zero-order valence-electron chi connectivity index (χ0n) is 13.8. The van der Waals surface area contributed by atoms with Crippen molar-refractivity contribution in [2.24, 2.45) is 0 Å². The molecule has 0 saturated heterocycles. The van der Waals surface area contributed by atoms with Crippen LogP contribution in [0.2, 0.25) is 5.02 Å². The van der Waals surface area contributed by atoms with E-state index < -0.39 is 0 Å². The van der Waals surface area contributed by atoms with Crippen molar-refractivity contribution in [2.75, 3.05) is 12.4 Å². The van der Waals surface area contributed by atoms with Crippen molar-refractivity contribution in [3.8, 4) is 17.1 Å². The van der Waals surface area contributed by atoms with Crippen molar-refractivity contribution in [3.05, 3.63) is 71.4 Å². The van der Waals surface area contributed by atoms with Crippen molar-refractivity contribution in [3.63, 3.8) is 0 Å². The topological polar surface area (TPSA) is 51.5 Å². The zero-order chi connectivity index (χ0) is 17.6. The summed E-state index contributed by atoms with van der Waals surface area (Å²) in [4.78, 5) is 12.1. The van der Waals surface area contributed by atoms with Crippen LogP contribution >= 0.6 is 11.6 Å². The molecule has 0 fully saturated rings. The van der Waals surface area contributed by atoms with Gasteiger partial charge < -0.3 is 14.5 Å². The molecule has 1 N–H and O–H groups in total. The SMILES string of the molecule is COc1cccc(NC(=O)CCc2ccc(-c3ccc(Cl)cc3)o2)c1. The van der Waals surface area contributed by atoms with Crippen molar-refractivity contribution in [2.45, 2.75) is 12.8 Å². The van der Waals surface area contributed by atoms with E-state index in [-0.39, 0.29) is 5.91 Å². The number of furan rings is 1. The Balaban J connectivity index is 1.56. The van der Waals surface area contributed by atoms with E-state index in [0.717, 1.165) is 17.1 Å². The minimum atomic E-state index is -0.0716. The van der Waals surface area contributed by atoms with Crippen LogP contribution in [0.3, 0.4) is 0 Å².